The van der Waals surface area contributed by atoms with Gasteiger partial charge in [0.15, 0.2) is 0 Å². The van der Waals surface area contributed by atoms with Crippen molar-refractivity contribution in [2.75, 3.05) is 19.8 Å². The number of carbonyl (C=O) groups is 4. The fourth-order valence-electron chi connectivity index (χ4n) is 6.61. The van der Waals surface area contributed by atoms with E-state index in [0.717, 1.165) is 50.8 Å². The molecule has 0 atom stereocenters. The average Bonchev–Trinajstić information content (AvgIpc) is 2.42. The molecule has 0 amide bonds. The zero-order valence-corrected chi connectivity index (χ0v) is 58.8. The van der Waals surface area contributed by atoms with Crippen LogP contribution in [0, 0.1) is 34.0 Å². The molecule has 0 fully saturated rings. The van der Waals surface area contributed by atoms with Gasteiger partial charge in [0, 0.05) is 28.5 Å². The van der Waals surface area contributed by atoms with Gasteiger partial charge in [-0.05, 0) is 209 Å². The van der Waals surface area contributed by atoms with Crippen LogP contribution in [-0.4, -0.2) is 84.5 Å². The van der Waals surface area contributed by atoms with Crippen LogP contribution in [0.1, 0.15) is 92.9 Å². The van der Waals surface area contributed by atoms with E-state index in [4.69, 9.17) is 40.0 Å². The zero-order chi connectivity index (χ0) is 66.3. The fraction of sp³-hybridized carbons (Fsp3) is 0.269. The highest BCUT2D eigenvalue weighted by Crippen LogP contribution is 2.41. The van der Waals surface area contributed by atoms with Gasteiger partial charge in [0.05, 0.1) is 54.7 Å². The van der Waals surface area contributed by atoms with Crippen LogP contribution >= 0.6 is 95.7 Å². The number of ether oxygens (including phenoxy) is 3. The molecule has 88 heavy (non-hydrogen) atoms. The van der Waals surface area contributed by atoms with Crippen molar-refractivity contribution in [1.82, 2.24) is 0 Å². The monoisotopic (exact) mass is 1450 g/mol. The molecule has 0 aliphatic carbocycles. The van der Waals surface area contributed by atoms with Crippen molar-refractivity contribution >= 4 is 132 Å². The summed E-state index contributed by atoms with van der Waals surface area (Å²) in [5, 5.41) is 52.7. The van der Waals surface area contributed by atoms with Crippen molar-refractivity contribution < 1.29 is 48.5 Å². The van der Waals surface area contributed by atoms with Crippen LogP contribution in [0.5, 0.6) is 0 Å². The summed E-state index contributed by atoms with van der Waals surface area (Å²) < 4.78 is 14.3. The van der Waals surface area contributed by atoms with Crippen LogP contribution in [0.2, 0.25) is 0 Å². The summed E-state index contributed by atoms with van der Waals surface area (Å²) in [6, 6.07) is 58.3. The summed E-state index contributed by atoms with van der Waals surface area (Å²) in [4.78, 5) is 49.9. The topological polar surface area (TPSA) is 228 Å². The minimum absolute atomic E-state index is 0.184. The van der Waals surface area contributed by atoms with Gasteiger partial charge >= 0.3 is 31.0 Å². The number of carboxylic acids is 1. The van der Waals surface area contributed by atoms with Crippen LogP contribution in [0.15, 0.2) is 198 Å². The lowest BCUT2D eigenvalue weighted by Gasteiger charge is -2.23. The largest absolute Gasteiger partial charge is 0.488 e. The van der Waals surface area contributed by atoms with E-state index >= 15 is 0 Å². The molecule has 0 aromatic heterocycles. The van der Waals surface area contributed by atoms with E-state index in [1.807, 2.05) is 169 Å². The van der Waals surface area contributed by atoms with Crippen LogP contribution in [0.25, 0.3) is 22.3 Å². The Morgan fingerprint density at radius 2 is 0.795 bits per heavy atom. The summed E-state index contributed by atoms with van der Waals surface area (Å²) >= 11 is 18.4. The van der Waals surface area contributed by atoms with Crippen molar-refractivity contribution in [3.05, 3.63) is 195 Å². The van der Waals surface area contributed by atoms with Gasteiger partial charge in [-0.2, -0.15) is 15.8 Å². The summed E-state index contributed by atoms with van der Waals surface area (Å²) in [6.07, 6.45) is 0. The number of carboxylic acid groups (broad SMARTS) is 1. The van der Waals surface area contributed by atoms with Crippen molar-refractivity contribution in [2.24, 2.45) is 0 Å². The maximum Gasteiger partial charge on any atom is 0.488 e. The molecule has 0 bridgehead atoms. The molecule has 13 nitrogen and oxygen atoms in total. The number of nitrogens with zero attached hydrogens (tertiary/aromatic N) is 3. The first kappa shape index (κ1) is 77.8. The summed E-state index contributed by atoms with van der Waals surface area (Å²) in [5.41, 5.74) is 6.14. The van der Waals surface area contributed by atoms with Crippen molar-refractivity contribution in [2.45, 2.75) is 114 Å². The van der Waals surface area contributed by atoms with E-state index in [2.05, 4.69) is 72.6 Å². The third kappa shape index (κ3) is 27.6. The summed E-state index contributed by atoms with van der Waals surface area (Å²) in [7, 11) is -1.46. The Kier molecular flexibility index (Phi) is 34.5. The van der Waals surface area contributed by atoms with Crippen molar-refractivity contribution in [1.29, 1.82) is 15.8 Å². The van der Waals surface area contributed by atoms with Gasteiger partial charge in [-0.25, -0.2) is 0 Å². The molecular formula is C67H71BBr3N3O10S4. The Hall–Kier alpha value is -6.29. The number of thioether (sulfide) groups is 3. The number of alkyl halides is 1. The third-order valence-corrected chi connectivity index (χ3v) is 17.8. The number of nitriles is 3. The molecule has 0 heterocycles. The Morgan fingerprint density at radius 3 is 1.10 bits per heavy atom. The molecule has 0 aliphatic heterocycles. The van der Waals surface area contributed by atoms with Gasteiger partial charge in [-0.1, -0.05) is 113 Å². The van der Waals surface area contributed by atoms with E-state index in [9.17, 15) is 24.3 Å². The minimum atomic E-state index is -1.46. The molecular weight excluding hydrogens is 1390 g/mol. The van der Waals surface area contributed by atoms with Crippen LogP contribution in [-0.2, 0) is 33.4 Å². The Balaban J connectivity index is 0.000000375. The Bertz CT molecular complexity index is 3470. The molecule has 462 valence electrons. The summed E-state index contributed by atoms with van der Waals surface area (Å²) in [6.45, 7) is 21.0. The highest BCUT2D eigenvalue weighted by molar-refractivity contribution is 9.11. The zero-order valence-electron chi connectivity index (χ0n) is 50.7. The van der Waals surface area contributed by atoms with Crippen LogP contribution in [0.4, 0.5) is 0 Å². The number of hydrogen-bond acceptors (Lipinski definition) is 16. The lowest BCUT2D eigenvalue weighted by molar-refractivity contribution is -0.145. The Morgan fingerprint density at radius 1 is 0.477 bits per heavy atom. The van der Waals surface area contributed by atoms with Gasteiger partial charge < -0.3 is 29.4 Å². The van der Waals surface area contributed by atoms with Gasteiger partial charge in [0.1, 0.15) is 18.6 Å². The van der Waals surface area contributed by atoms with Crippen molar-refractivity contribution in [3.63, 3.8) is 0 Å². The van der Waals surface area contributed by atoms with Crippen LogP contribution in [0.3, 0.4) is 0 Å². The maximum absolute atomic E-state index is 12.1. The minimum Gasteiger partial charge on any atom is -0.480 e. The molecule has 0 aliphatic rings. The SMILES string of the molecule is CC(C)(Sc1ccccc1-c1ccc(C#N)cc1)C(=O)O.CCOC(=O)C(C)(C)Br.CCOC(=O)C(C)(C)Sc1ccccc1-c1ccc(C#N)cc1.CCOC(=O)C(C)(C)Sc1ccccc1Br.N#Cc1ccc(B(O)O)cc1.Sc1ccccc1Br. The number of benzene rings is 7. The second-order valence-electron chi connectivity index (χ2n) is 20.1. The smallest absolute Gasteiger partial charge is 0.480 e. The van der Waals surface area contributed by atoms with Crippen molar-refractivity contribution in [3.8, 4) is 40.5 Å². The number of halogens is 3. The first-order chi connectivity index (χ1) is 41.4. The summed E-state index contributed by atoms with van der Waals surface area (Å²) in [5.74, 6) is -1.47. The molecule has 3 N–H and O–H groups in total. The molecule has 0 unspecified atom stereocenters. The molecule has 7 rings (SSSR count). The molecule has 0 radical (unpaired) electrons. The third-order valence-electron chi connectivity index (χ3n) is 11.4. The van der Waals surface area contributed by atoms with E-state index < -0.39 is 31.7 Å². The average molecular weight is 1460 g/mol. The predicted octanol–water partition coefficient (Wildman–Crippen LogP) is 16.4. The lowest BCUT2D eigenvalue weighted by atomic mass is 9.80. The second kappa shape index (κ2) is 39.0. The quantitative estimate of drug-likeness (QED) is 0.0176. The standard InChI is InChI=1S/C19H19NO2S.C17H15NO2S.C12H15BrO2S.C7H6BNO2.C6H11BrO2.C6H5BrS/c1-4-22-18(21)19(2,3)23-17-8-6-5-7-16(17)15-11-9-14(13-20)10-12-15;1-17(2,16(19)20)21-15-6-4-3-5-14(15)13-9-7-12(11-18)8-10-13;1-4-15-11(14)12(2,3)16-10-8-6-5-7-9(10)13;9-5-6-1-3-7(4-2-6)8(10)11;1-4-9-5(8)6(2,3)7;7-5-3-1-2-4-6(5)8/h5-12H,4H2,1-3H3;3-10H,1-2H3,(H,19,20);5-8H,4H2,1-3H3;1-4,10-11H;4H2,1-3H3;1-4,8H. The Labute approximate surface area is 561 Å². The van der Waals surface area contributed by atoms with E-state index in [0.29, 0.717) is 42.0 Å². The van der Waals surface area contributed by atoms with Gasteiger partial charge in [-0.3, -0.25) is 19.2 Å². The number of esters is 3. The molecule has 21 heteroatoms. The molecule has 0 saturated heterocycles. The molecule has 0 spiro atoms. The highest BCUT2D eigenvalue weighted by Gasteiger charge is 2.33. The van der Waals surface area contributed by atoms with E-state index in [1.54, 1.807) is 58.9 Å². The van der Waals surface area contributed by atoms with Crippen LogP contribution < -0.4 is 5.46 Å². The number of aliphatic carboxylic acids is 1. The normalized spacial score (nSPS) is 10.6. The second-order valence-corrected chi connectivity index (χ2v) is 29.3. The van der Waals surface area contributed by atoms with Gasteiger partial charge in [0.25, 0.3) is 0 Å². The van der Waals surface area contributed by atoms with E-state index in [-0.39, 0.29) is 17.9 Å². The van der Waals surface area contributed by atoms with E-state index in [1.165, 1.54) is 59.6 Å². The fourth-order valence-corrected chi connectivity index (χ4v) is 10.9. The number of hydrogen-bond donors (Lipinski definition) is 4. The number of carbonyl (C=O) groups excluding carboxylic acids is 3. The lowest BCUT2D eigenvalue weighted by Crippen LogP contribution is -2.30. The first-order valence-corrected chi connectivity index (χ1v) is 32.4. The predicted molar refractivity (Wildman–Crippen MR) is 370 cm³/mol. The molecule has 0 saturated carbocycles. The highest BCUT2D eigenvalue weighted by atomic mass is 79.9. The van der Waals surface area contributed by atoms with Gasteiger partial charge in [-0.15, -0.1) is 47.9 Å². The first-order valence-electron chi connectivity index (χ1n) is 27.2. The number of rotatable bonds is 16. The van der Waals surface area contributed by atoms with Gasteiger partial charge in [0.2, 0.25) is 0 Å². The molecule has 7 aromatic carbocycles. The molecule has 7 aromatic rings. The number of thiol groups is 1. The maximum atomic E-state index is 12.1.